The minimum Gasteiger partial charge on any atom is -0.375 e. The molecule has 1 N–H and O–H groups in total. The van der Waals surface area contributed by atoms with Crippen LogP contribution in [0.4, 0.5) is 5.69 Å². The minimum atomic E-state index is 0.485. The molecule has 0 atom stereocenters. The van der Waals surface area contributed by atoms with Gasteiger partial charge in [-0.15, -0.1) is 0 Å². The number of benzene rings is 1. The zero-order chi connectivity index (χ0) is 12.1. The first-order valence-corrected chi connectivity index (χ1v) is 6.15. The van der Waals surface area contributed by atoms with E-state index in [1.165, 1.54) is 11.3 Å². The molecular weight excluding hydrogens is 220 g/mol. The lowest BCUT2D eigenvalue weighted by Gasteiger charge is -2.21. The van der Waals surface area contributed by atoms with Gasteiger partial charge in [0.2, 0.25) is 0 Å². The molecular formula is C13H21ClN2. The van der Waals surface area contributed by atoms with Crippen molar-refractivity contribution in [3.05, 3.63) is 28.8 Å². The lowest BCUT2D eigenvalue weighted by molar-refractivity contribution is 0.588. The fourth-order valence-electron chi connectivity index (χ4n) is 1.55. The Morgan fingerprint density at radius 3 is 2.62 bits per heavy atom. The Morgan fingerprint density at radius 2 is 2.06 bits per heavy atom. The molecule has 1 aromatic carbocycles. The normalized spacial score (nSPS) is 10.9. The molecule has 3 heteroatoms. The lowest BCUT2D eigenvalue weighted by atomic mass is 10.1. The van der Waals surface area contributed by atoms with Crippen LogP contribution in [0.1, 0.15) is 26.3 Å². The average molecular weight is 241 g/mol. The Balaban J connectivity index is 2.89. The fraction of sp³-hybridized carbons (Fsp3) is 0.538. The van der Waals surface area contributed by atoms with Crippen LogP contribution in [0.15, 0.2) is 18.2 Å². The number of anilines is 1. The summed E-state index contributed by atoms with van der Waals surface area (Å²) in [7, 11) is 2.10. The van der Waals surface area contributed by atoms with Gasteiger partial charge in [0.1, 0.15) is 0 Å². The molecule has 0 fully saturated rings. The topological polar surface area (TPSA) is 15.3 Å². The summed E-state index contributed by atoms with van der Waals surface area (Å²) in [5.74, 6) is 0. The molecule has 0 spiro atoms. The maximum Gasteiger partial charge on any atom is 0.0410 e. The van der Waals surface area contributed by atoms with Gasteiger partial charge in [-0.05, 0) is 30.7 Å². The third-order valence-corrected chi connectivity index (χ3v) is 2.86. The van der Waals surface area contributed by atoms with Crippen LogP contribution in [0.3, 0.4) is 0 Å². The van der Waals surface area contributed by atoms with Gasteiger partial charge in [0.25, 0.3) is 0 Å². The molecule has 0 bridgehead atoms. The van der Waals surface area contributed by atoms with Gasteiger partial charge in [-0.1, -0.05) is 25.4 Å². The van der Waals surface area contributed by atoms with Crippen LogP contribution in [0.5, 0.6) is 0 Å². The maximum atomic E-state index is 6.03. The van der Waals surface area contributed by atoms with E-state index in [9.17, 15) is 0 Å². The summed E-state index contributed by atoms with van der Waals surface area (Å²) >= 11 is 6.03. The van der Waals surface area contributed by atoms with E-state index < -0.39 is 0 Å². The third kappa shape index (κ3) is 3.69. The molecule has 2 nitrogen and oxygen atoms in total. The zero-order valence-corrected chi connectivity index (χ0v) is 11.3. The molecule has 1 rings (SSSR count). The molecule has 0 aliphatic heterocycles. The Labute approximate surface area is 104 Å². The van der Waals surface area contributed by atoms with Gasteiger partial charge < -0.3 is 10.2 Å². The van der Waals surface area contributed by atoms with Crippen LogP contribution in [-0.4, -0.2) is 19.6 Å². The molecule has 0 heterocycles. The van der Waals surface area contributed by atoms with Crippen molar-refractivity contribution in [1.82, 2.24) is 5.32 Å². The molecule has 0 saturated heterocycles. The van der Waals surface area contributed by atoms with Crippen LogP contribution >= 0.6 is 11.6 Å². The number of nitrogens with zero attached hydrogens (tertiary/aromatic N) is 1. The highest BCUT2D eigenvalue weighted by atomic mass is 35.5. The highest BCUT2D eigenvalue weighted by Crippen LogP contribution is 2.23. The maximum absolute atomic E-state index is 6.03. The van der Waals surface area contributed by atoms with Crippen molar-refractivity contribution in [2.45, 2.75) is 33.4 Å². The van der Waals surface area contributed by atoms with Crippen LogP contribution in [0, 0.1) is 0 Å². The Kier molecular flexibility index (Phi) is 5.10. The Hall–Kier alpha value is -0.730. The summed E-state index contributed by atoms with van der Waals surface area (Å²) in [6.07, 6.45) is 0. The number of rotatable bonds is 5. The monoisotopic (exact) mass is 240 g/mol. The van der Waals surface area contributed by atoms with Crippen molar-refractivity contribution in [2.24, 2.45) is 0 Å². The number of nitrogens with one attached hydrogen (secondary N) is 1. The van der Waals surface area contributed by atoms with Gasteiger partial charge in [-0.25, -0.2) is 0 Å². The van der Waals surface area contributed by atoms with Crippen LogP contribution in [0.2, 0.25) is 5.02 Å². The third-order valence-electron chi connectivity index (χ3n) is 2.63. The lowest BCUT2D eigenvalue weighted by Crippen LogP contribution is -2.24. The van der Waals surface area contributed by atoms with Crippen molar-refractivity contribution < 1.29 is 0 Å². The minimum absolute atomic E-state index is 0.485. The van der Waals surface area contributed by atoms with Gasteiger partial charge in [-0.3, -0.25) is 0 Å². The second-order valence-electron chi connectivity index (χ2n) is 4.32. The van der Waals surface area contributed by atoms with Crippen molar-refractivity contribution in [1.29, 1.82) is 0 Å². The molecule has 0 aliphatic rings. The molecule has 0 radical (unpaired) electrons. The van der Waals surface area contributed by atoms with Crippen molar-refractivity contribution in [3.63, 3.8) is 0 Å². The first-order chi connectivity index (χ1) is 7.54. The SMILES string of the molecule is CCN(C)c1ccc(Cl)cc1CNC(C)C. The summed E-state index contributed by atoms with van der Waals surface area (Å²) in [6.45, 7) is 8.30. The standard InChI is InChI=1S/C13H21ClN2/c1-5-16(4)13-7-6-12(14)8-11(13)9-15-10(2)3/h6-8,10,15H,5,9H2,1-4H3. The molecule has 16 heavy (non-hydrogen) atoms. The second-order valence-corrected chi connectivity index (χ2v) is 4.76. The highest BCUT2D eigenvalue weighted by molar-refractivity contribution is 6.30. The molecule has 1 aromatic rings. The Bertz CT molecular complexity index is 337. The number of hydrogen-bond donors (Lipinski definition) is 1. The molecule has 0 aromatic heterocycles. The predicted octanol–water partition coefficient (Wildman–Crippen LogP) is 3.29. The van der Waals surface area contributed by atoms with Crippen molar-refractivity contribution in [2.75, 3.05) is 18.5 Å². The molecule has 0 unspecified atom stereocenters. The molecule has 0 aliphatic carbocycles. The summed E-state index contributed by atoms with van der Waals surface area (Å²) < 4.78 is 0. The van der Waals surface area contributed by atoms with Crippen LogP contribution in [0.25, 0.3) is 0 Å². The van der Waals surface area contributed by atoms with Gasteiger partial charge in [-0.2, -0.15) is 0 Å². The van der Waals surface area contributed by atoms with E-state index in [1.54, 1.807) is 0 Å². The number of halogens is 1. The van der Waals surface area contributed by atoms with E-state index in [-0.39, 0.29) is 0 Å². The molecule has 0 saturated carbocycles. The van der Waals surface area contributed by atoms with Gasteiger partial charge in [0.05, 0.1) is 0 Å². The van der Waals surface area contributed by atoms with Crippen LogP contribution in [-0.2, 0) is 6.54 Å². The van der Waals surface area contributed by atoms with Gasteiger partial charge >= 0.3 is 0 Å². The first-order valence-electron chi connectivity index (χ1n) is 5.77. The average Bonchev–Trinajstić information content (AvgIpc) is 2.25. The van der Waals surface area contributed by atoms with E-state index >= 15 is 0 Å². The quantitative estimate of drug-likeness (QED) is 0.850. The summed E-state index contributed by atoms with van der Waals surface area (Å²) in [5.41, 5.74) is 2.51. The smallest absolute Gasteiger partial charge is 0.0410 e. The molecule has 0 amide bonds. The van der Waals surface area contributed by atoms with E-state index in [1.807, 2.05) is 12.1 Å². The van der Waals surface area contributed by atoms with Crippen LogP contribution < -0.4 is 10.2 Å². The summed E-state index contributed by atoms with van der Waals surface area (Å²) in [4.78, 5) is 2.23. The van der Waals surface area contributed by atoms with E-state index in [0.717, 1.165) is 18.1 Å². The van der Waals surface area contributed by atoms with Gasteiger partial charge in [0, 0.05) is 36.9 Å². The predicted molar refractivity (Wildman–Crippen MR) is 72.4 cm³/mol. The number of hydrogen-bond acceptors (Lipinski definition) is 2. The molecule has 90 valence electrons. The van der Waals surface area contributed by atoms with Crippen molar-refractivity contribution in [3.8, 4) is 0 Å². The highest BCUT2D eigenvalue weighted by Gasteiger charge is 2.07. The summed E-state index contributed by atoms with van der Waals surface area (Å²) in [6, 6.07) is 6.56. The van der Waals surface area contributed by atoms with E-state index in [4.69, 9.17) is 11.6 Å². The zero-order valence-electron chi connectivity index (χ0n) is 10.5. The largest absolute Gasteiger partial charge is 0.375 e. The summed E-state index contributed by atoms with van der Waals surface area (Å²) in [5, 5.41) is 4.22. The Morgan fingerprint density at radius 1 is 1.38 bits per heavy atom. The van der Waals surface area contributed by atoms with Gasteiger partial charge in [0.15, 0.2) is 0 Å². The fourth-order valence-corrected chi connectivity index (χ4v) is 1.75. The van der Waals surface area contributed by atoms with Crippen molar-refractivity contribution >= 4 is 17.3 Å². The first kappa shape index (κ1) is 13.3. The second kappa shape index (κ2) is 6.12. The van der Waals surface area contributed by atoms with E-state index in [2.05, 4.69) is 44.1 Å². The van der Waals surface area contributed by atoms with E-state index in [0.29, 0.717) is 6.04 Å².